The average molecular weight is 453 g/mol. The van der Waals surface area contributed by atoms with Crippen LogP contribution in [-0.4, -0.2) is 39.5 Å². The number of aromatic amines is 1. The molecule has 0 amide bonds. The van der Waals surface area contributed by atoms with E-state index >= 15 is 0 Å². The minimum Gasteiger partial charge on any atom is -0.494 e. The van der Waals surface area contributed by atoms with Crippen molar-refractivity contribution in [3.63, 3.8) is 0 Å². The lowest BCUT2D eigenvalue weighted by atomic mass is 9.69. The van der Waals surface area contributed by atoms with Gasteiger partial charge in [0.1, 0.15) is 17.3 Å². The molecule has 0 radical (unpaired) electrons. The van der Waals surface area contributed by atoms with Gasteiger partial charge in [-0.1, -0.05) is 12.1 Å². The Morgan fingerprint density at radius 3 is 2.61 bits per heavy atom. The van der Waals surface area contributed by atoms with Gasteiger partial charge in [-0.3, -0.25) is 10.1 Å². The molecule has 0 bridgehead atoms. The zero-order chi connectivity index (χ0) is 23.2. The van der Waals surface area contributed by atoms with Crippen molar-refractivity contribution in [1.29, 1.82) is 0 Å². The van der Waals surface area contributed by atoms with Crippen LogP contribution in [0.2, 0.25) is 0 Å². The normalized spacial score (nSPS) is 23.2. The van der Waals surface area contributed by atoms with Crippen molar-refractivity contribution in [2.75, 3.05) is 7.11 Å². The molecule has 0 spiro atoms. The molecule has 172 valence electrons. The Morgan fingerprint density at radius 1 is 1.18 bits per heavy atom. The number of para-hydroxylation sites is 1. The molecule has 0 atom stereocenters. The molecular formula is C23H25F2N7O. The molecule has 10 heteroatoms. The van der Waals surface area contributed by atoms with Crippen LogP contribution >= 0.6 is 0 Å². The van der Waals surface area contributed by atoms with E-state index in [1.165, 1.54) is 6.34 Å². The fourth-order valence-electron chi connectivity index (χ4n) is 4.75. The number of hydrogen-bond donors (Lipinski definition) is 3. The van der Waals surface area contributed by atoms with Gasteiger partial charge in [-0.05, 0) is 36.6 Å². The Labute approximate surface area is 189 Å². The Morgan fingerprint density at radius 2 is 1.97 bits per heavy atom. The van der Waals surface area contributed by atoms with Gasteiger partial charge in [-0.2, -0.15) is 5.10 Å². The first kappa shape index (κ1) is 21.4. The lowest BCUT2D eigenvalue weighted by Gasteiger charge is -2.44. The third-order valence-corrected chi connectivity index (χ3v) is 6.62. The number of nitrogens with one attached hydrogen (secondary N) is 1. The summed E-state index contributed by atoms with van der Waals surface area (Å²) in [5.41, 5.74) is 13.5. The number of benzene rings is 1. The molecule has 33 heavy (non-hydrogen) atoms. The van der Waals surface area contributed by atoms with Crippen molar-refractivity contribution in [1.82, 2.24) is 20.2 Å². The summed E-state index contributed by atoms with van der Waals surface area (Å²) < 4.78 is 31.9. The predicted molar refractivity (Wildman–Crippen MR) is 120 cm³/mol. The molecule has 2 heterocycles. The van der Waals surface area contributed by atoms with Gasteiger partial charge in [0.2, 0.25) is 0 Å². The summed E-state index contributed by atoms with van der Waals surface area (Å²) in [6, 6.07) is 9.26. The van der Waals surface area contributed by atoms with Crippen molar-refractivity contribution in [3.8, 4) is 17.1 Å². The van der Waals surface area contributed by atoms with Gasteiger partial charge in [0.15, 0.2) is 5.82 Å². The molecule has 5 rings (SSSR count). The number of alkyl halides is 2. The highest BCUT2D eigenvalue weighted by Gasteiger charge is 2.55. The number of nitrogens with two attached hydrogens (primary N) is 2. The number of H-pyrrole nitrogens is 1. The third kappa shape index (κ3) is 3.84. The van der Waals surface area contributed by atoms with Crippen molar-refractivity contribution in [2.45, 2.75) is 49.0 Å². The Balaban J connectivity index is 1.26. The summed E-state index contributed by atoms with van der Waals surface area (Å²) in [6.45, 7) is 0. The molecule has 0 aliphatic heterocycles. The molecule has 5 N–H and O–H groups in total. The Kier molecular flexibility index (Phi) is 5.12. The van der Waals surface area contributed by atoms with Crippen LogP contribution in [-0.2, 0) is 5.54 Å². The van der Waals surface area contributed by atoms with Gasteiger partial charge in [0.25, 0.3) is 5.92 Å². The number of hydrogen-bond acceptors (Lipinski definition) is 6. The van der Waals surface area contributed by atoms with E-state index in [0.717, 1.165) is 29.9 Å². The van der Waals surface area contributed by atoms with Gasteiger partial charge in [-0.25, -0.2) is 18.8 Å². The molecule has 3 aromatic rings. The summed E-state index contributed by atoms with van der Waals surface area (Å²) in [5.74, 6) is -0.239. The summed E-state index contributed by atoms with van der Waals surface area (Å²) in [7, 11) is 1.57. The maximum atomic E-state index is 13.3. The lowest BCUT2D eigenvalue weighted by molar-refractivity contribution is -0.125. The minimum absolute atomic E-state index is 0.232. The monoisotopic (exact) mass is 453 g/mol. The van der Waals surface area contributed by atoms with E-state index in [-0.39, 0.29) is 24.7 Å². The standard InChI is InChI=1S/C23H25F2N7O/c1-33-18-4-2-3-16(19(18)29-12-26)21-30-20(31-32-21)14-7-13(8-14)17-6-5-15(9-28-17)22(27)10-23(24,25)11-22/h2-6,9,12-14H,7-8,10-11,27H2,1H3,(H2,26,29)(H,30,31,32). The lowest BCUT2D eigenvalue weighted by Crippen LogP contribution is -2.55. The van der Waals surface area contributed by atoms with Crippen molar-refractivity contribution < 1.29 is 13.5 Å². The number of pyridine rings is 1. The SMILES string of the molecule is COc1cccc(-c2n[nH]c(C3CC(c4ccc(C5(N)CC(F)(F)C5)cn4)C3)n2)c1N=CN. The fraction of sp³-hybridized carbons (Fsp3) is 0.391. The van der Waals surface area contributed by atoms with Crippen molar-refractivity contribution in [2.24, 2.45) is 16.5 Å². The molecule has 2 aliphatic rings. The number of aromatic nitrogens is 4. The first-order valence-corrected chi connectivity index (χ1v) is 10.8. The summed E-state index contributed by atoms with van der Waals surface area (Å²) in [5, 5.41) is 7.42. The van der Waals surface area contributed by atoms with Gasteiger partial charge in [-0.15, -0.1) is 0 Å². The van der Waals surface area contributed by atoms with Gasteiger partial charge in [0.05, 0.1) is 24.6 Å². The second-order valence-corrected chi connectivity index (χ2v) is 8.88. The minimum atomic E-state index is -2.67. The highest BCUT2D eigenvalue weighted by molar-refractivity contribution is 5.79. The fourth-order valence-corrected chi connectivity index (χ4v) is 4.75. The van der Waals surface area contributed by atoms with Crippen molar-refractivity contribution >= 4 is 12.0 Å². The smallest absolute Gasteiger partial charge is 0.252 e. The van der Waals surface area contributed by atoms with Gasteiger partial charge >= 0.3 is 0 Å². The van der Waals surface area contributed by atoms with Crippen LogP contribution in [0.15, 0.2) is 41.5 Å². The molecule has 2 saturated carbocycles. The van der Waals surface area contributed by atoms with Crippen LogP contribution in [0.4, 0.5) is 14.5 Å². The molecule has 2 fully saturated rings. The second-order valence-electron chi connectivity index (χ2n) is 8.88. The van der Waals surface area contributed by atoms with Crippen molar-refractivity contribution in [3.05, 3.63) is 53.6 Å². The summed E-state index contributed by atoms with van der Waals surface area (Å²) in [4.78, 5) is 13.4. The third-order valence-electron chi connectivity index (χ3n) is 6.62. The second kappa shape index (κ2) is 7.87. The van der Waals surface area contributed by atoms with E-state index in [9.17, 15) is 8.78 Å². The van der Waals surface area contributed by atoms with E-state index in [0.29, 0.717) is 22.8 Å². The zero-order valence-electron chi connectivity index (χ0n) is 18.1. The largest absolute Gasteiger partial charge is 0.494 e. The topological polar surface area (TPSA) is 128 Å². The first-order chi connectivity index (χ1) is 15.8. The van der Waals surface area contributed by atoms with E-state index in [4.69, 9.17) is 16.2 Å². The van der Waals surface area contributed by atoms with Crippen LogP contribution in [0, 0.1) is 0 Å². The number of nitrogens with zero attached hydrogens (tertiary/aromatic N) is 4. The number of halogens is 2. The van der Waals surface area contributed by atoms with E-state index < -0.39 is 11.5 Å². The maximum Gasteiger partial charge on any atom is 0.252 e. The van der Waals surface area contributed by atoms with Crippen LogP contribution in [0.25, 0.3) is 11.4 Å². The molecule has 2 aromatic heterocycles. The molecule has 1 aromatic carbocycles. The highest BCUT2D eigenvalue weighted by Crippen LogP contribution is 2.50. The quantitative estimate of drug-likeness (QED) is 0.385. The molecule has 0 saturated heterocycles. The Bertz CT molecular complexity index is 1180. The first-order valence-electron chi connectivity index (χ1n) is 10.8. The van der Waals surface area contributed by atoms with Crippen LogP contribution in [0.3, 0.4) is 0 Å². The van der Waals surface area contributed by atoms with E-state index in [1.54, 1.807) is 19.4 Å². The van der Waals surface area contributed by atoms with Gasteiger partial charge < -0.3 is 16.2 Å². The van der Waals surface area contributed by atoms with E-state index in [1.807, 2.05) is 24.3 Å². The van der Waals surface area contributed by atoms with Crippen LogP contribution in [0.5, 0.6) is 5.75 Å². The number of methoxy groups -OCH3 is 1. The number of rotatable bonds is 6. The number of ether oxygens (including phenoxy) is 1. The molecule has 0 unspecified atom stereocenters. The van der Waals surface area contributed by atoms with Crippen LogP contribution in [0.1, 0.15) is 54.6 Å². The highest BCUT2D eigenvalue weighted by atomic mass is 19.3. The van der Waals surface area contributed by atoms with E-state index in [2.05, 4.69) is 25.2 Å². The summed E-state index contributed by atoms with van der Waals surface area (Å²) in [6.07, 6.45) is 3.95. The Hall–Kier alpha value is -3.40. The zero-order valence-corrected chi connectivity index (χ0v) is 18.1. The van der Waals surface area contributed by atoms with Crippen LogP contribution < -0.4 is 16.2 Å². The number of aliphatic imine (C=N–C) groups is 1. The maximum absolute atomic E-state index is 13.3. The average Bonchev–Trinajstić information content (AvgIpc) is 3.21. The predicted octanol–water partition coefficient (Wildman–Crippen LogP) is 3.74. The molecular weight excluding hydrogens is 428 g/mol. The molecule has 2 aliphatic carbocycles. The molecule has 8 nitrogen and oxygen atoms in total. The van der Waals surface area contributed by atoms with Gasteiger partial charge in [0, 0.05) is 36.6 Å². The summed E-state index contributed by atoms with van der Waals surface area (Å²) >= 11 is 0.